The summed E-state index contributed by atoms with van der Waals surface area (Å²) in [5.41, 5.74) is 1.63. The molecule has 2 aromatic carbocycles. The number of hydrogen-bond donors (Lipinski definition) is 0. The largest absolute Gasteiger partial charge is 0.486 e. The number of rotatable bonds is 6. The smallest absolute Gasteiger partial charge is 0.254 e. The zero-order valence-corrected chi connectivity index (χ0v) is 17.0. The number of ether oxygens (including phenoxy) is 4. The van der Waals surface area contributed by atoms with Gasteiger partial charge in [0.2, 0.25) is 6.79 Å². The molecule has 0 aliphatic carbocycles. The molecule has 0 atom stereocenters. The number of hydrogen-bond acceptors (Lipinski definition) is 6. The first-order valence-corrected chi connectivity index (χ1v) is 10.6. The molecule has 3 aliphatic rings. The zero-order valence-electron chi connectivity index (χ0n) is 17.0. The molecule has 0 aromatic heterocycles. The van der Waals surface area contributed by atoms with Crippen molar-refractivity contribution >= 4 is 5.91 Å². The molecule has 1 saturated heterocycles. The molecule has 3 aliphatic heterocycles. The summed E-state index contributed by atoms with van der Waals surface area (Å²) in [6.07, 6.45) is 2.47. The quantitative estimate of drug-likeness (QED) is 0.730. The lowest BCUT2D eigenvalue weighted by Crippen LogP contribution is -2.37. The third-order valence-corrected chi connectivity index (χ3v) is 5.77. The first-order chi connectivity index (χ1) is 14.8. The van der Waals surface area contributed by atoms with Crippen molar-refractivity contribution in [3.05, 3.63) is 47.5 Å². The monoisotopic (exact) mass is 410 g/mol. The lowest BCUT2D eigenvalue weighted by molar-refractivity contribution is 0.0726. The summed E-state index contributed by atoms with van der Waals surface area (Å²) in [7, 11) is 0. The van der Waals surface area contributed by atoms with Crippen molar-refractivity contribution in [3.8, 4) is 23.0 Å². The Morgan fingerprint density at radius 2 is 1.57 bits per heavy atom. The van der Waals surface area contributed by atoms with E-state index >= 15 is 0 Å². The summed E-state index contributed by atoms with van der Waals surface area (Å²) in [6, 6.07) is 11.3. The Bertz CT molecular complexity index is 926. The SMILES string of the molecule is O=C(c1ccc2c(c1)OCO2)N(CCN1CCCC1)Cc1ccc2c(c1)OCCO2. The highest BCUT2D eigenvalue weighted by Crippen LogP contribution is 2.34. The number of nitrogens with zero attached hydrogens (tertiary/aromatic N) is 2. The molecule has 7 nitrogen and oxygen atoms in total. The maximum absolute atomic E-state index is 13.4. The molecule has 158 valence electrons. The van der Waals surface area contributed by atoms with E-state index in [9.17, 15) is 4.79 Å². The molecule has 7 heteroatoms. The third-order valence-electron chi connectivity index (χ3n) is 5.77. The van der Waals surface area contributed by atoms with Crippen LogP contribution in [0.4, 0.5) is 0 Å². The number of fused-ring (bicyclic) bond motifs is 2. The van der Waals surface area contributed by atoms with Gasteiger partial charge in [-0.05, 0) is 61.8 Å². The maximum atomic E-state index is 13.4. The molecule has 0 bridgehead atoms. The first kappa shape index (κ1) is 19.1. The Labute approximate surface area is 176 Å². The van der Waals surface area contributed by atoms with Crippen molar-refractivity contribution in [2.45, 2.75) is 19.4 Å². The van der Waals surface area contributed by atoms with Crippen LogP contribution in [-0.2, 0) is 6.54 Å². The highest BCUT2D eigenvalue weighted by Gasteiger charge is 2.23. The molecule has 1 amide bonds. The molecule has 3 heterocycles. The fourth-order valence-electron chi connectivity index (χ4n) is 4.14. The van der Waals surface area contributed by atoms with Gasteiger partial charge in [-0.15, -0.1) is 0 Å². The van der Waals surface area contributed by atoms with E-state index in [0.29, 0.717) is 43.4 Å². The van der Waals surface area contributed by atoms with Gasteiger partial charge in [-0.2, -0.15) is 0 Å². The Morgan fingerprint density at radius 3 is 2.43 bits per heavy atom. The van der Waals surface area contributed by atoms with Crippen molar-refractivity contribution in [2.75, 3.05) is 46.2 Å². The molecule has 0 unspecified atom stereocenters. The molecule has 0 N–H and O–H groups in total. The average molecular weight is 410 g/mol. The number of carbonyl (C=O) groups excluding carboxylic acids is 1. The van der Waals surface area contributed by atoms with E-state index in [1.807, 2.05) is 29.2 Å². The van der Waals surface area contributed by atoms with Crippen molar-refractivity contribution in [1.82, 2.24) is 9.80 Å². The van der Waals surface area contributed by atoms with Crippen LogP contribution in [0.2, 0.25) is 0 Å². The van der Waals surface area contributed by atoms with Crippen molar-refractivity contribution in [3.63, 3.8) is 0 Å². The van der Waals surface area contributed by atoms with Crippen LogP contribution >= 0.6 is 0 Å². The van der Waals surface area contributed by atoms with Gasteiger partial charge >= 0.3 is 0 Å². The van der Waals surface area contributed by atoms with Crippen LogP contribution in [0.15, 0.2) is 36.4 Å². The van der Waals surface area contributed by atoms with E-state index in [0.717, 1.165) is 36.7 Å². The van der Waals surface area contributed by atoms with Crippen LogP contribution in [0, 0.1) is 0 Å². The van der Waals surface area contributed by atoms with E-state index in [2.05, 4.69) is 4.90 Å². The van der Waals surface area contributed by atoms with Crippen molar-refractivity contribution in [2.24, 2.45) is 0 Å². The van der Waals surface area contributed by atoms with Gasteiger partial charge in [-0.25, -0.2) is 0 Å². The summed E-state index contributed by atoms with van der Waals surface area (Å²) < 4.78 is 22.2. The van der Waals surface area contributed by atoms with E-state index < -0.39 is 0 Å². The molecule has 30 heavy (non-hydrogen) atoms. The fourth-order valence-corrected chi connectivity index (χ4v) is 4.14. The maximum Gasteiger partial charge on any atom is 0.254 e. The summed E-state index contributed by atoms with van der Waals surface area (Å²) in [6.45, 7) is 5.58. The third kappa shape index (κ3) is 4.03. The molecule has 0 saturated carbocycles. The second-order valence-corrected chi connectivity index (χ2v) is 7.82. The molecule has 1 fully saturated rings. The molecule has 2 aromatic rings. The highest BCUT2D eigenvalue weighted by atomic mass is 16.7. The average Bonchev–Trinajstić information content (AvgIpc) is 3.47. The highest BCUT2D eigenvalue weighted by molar-refractivity contribution is 5.95. The van der Waals surface area contributed by atoms with Crippen molar-refractivity contribution < 1.29 is 23.7 Å². The number of carbonyl (C=O) groups is 1. The summed E-state index contributed by atoms with van der Waals surface area (Å²) in [4.78, 5) is 17.7. The van der Waals surface area contributed by atoms with Gasteiger partial charge in [0.15, 0.2) is 23.0 Å². The Balaban J connectivity index is 1.36. The predicted molar refractivity (Wildman–Crippen MR) is 110 cm³/mol. The van der Waals surface area contributed by atoms with Crippen LogP contribution in [0.3, 0.4) is 0 Å². The lowest BCUT2D eigenvalue weighted by Gasteiger charge is -2.26. The molecular formula is C23H26N2O5. The van der Waals surface area contributed by atoms with E-state index in [1.54, 1.807) is 12.1 Å². The summed E-state index contributed by atoms with van der Waals surface area (Å²) >= 11 is 0. The van der Waals surface area contributed by atoms with Gasteiger partial charge in [0.1, 0.15) is 13.2 Å². The van der Waals surface area contributed by atoms with Crippen LogP contribution in [0.1, 0.15) is 28.8 Å². The first-order valence-electron chi connectivity index (χ1n) is 10.6. The minimum Gasteiger partial charge on any atom is -0.486 e. The minimum absolute atomic E-state index is 0.0117. The summed E-state index contributed by atoms with van der Waals surface area (Å²) in [5, 5.41) is 0. The normalized spacial score (nSPS) is 17.2. The van der Waals surface area contributed by atoms with Crippen molar-refractivity contribution in [1.29, 1.82) is 0 Å². The zero-order chi connectivity index (χ0) is 20.3. The van der Waals surface area contributed by atoms with Crippen LogP contribution < -0.4 is 18.9 Å². The van der Waals surface area contributed by atoms with E-state index in [-0.39, 0.29) is 12.7 Å². The molecule has 0 spiro atoms. The van der Waals surface area contributed by atoms with Crippen LogP contribution in [-0.4, -0.2) is 61.9 Å². The molecular weight excluding hydrogens is 384 g/mol. The Morgan fingerprint density at radius 1 is 0.867 bits per heavy atom. The predicted octanol–water partition coefficient (Wildman–Crippen LogP) is 2.92. The van der Waals surface area contributed by atoms with Gasteiger partial charge in [-0.3, -0.25) is 4.79 Å². The second kappa shape index (κ2) is 8.44. The van der Waals surface area contributed by atoms with Gasteiger partial charge in [0.25, 0.3) is 5.91 Å². The Kier molecular flexibility index (Phi) is 5.36. The van der Waals surface area contributed by atoms with Gasteiger partial charge < -0.3 is 28.7 Å². The lowest BCUT2D eigenvalue weighted by atomic mass is 10.1. The van der Waals surface area contributed by atoms with Gasteiger partial charge in [0.05, 0.1) is 0 Å². The molecule has 5 rings (SSSR count). The van der Waals surface area contributed by atoms with E-state index in [4.69, 9.17) is 18.9 Å². The molecule has 0 radical (unpaired) electrons. The van der Waals surface area contributed by atoms with Crippen LogP contribution in [0.25, 0.3) is 0 Å². The van der Waals surface area contributed by atoms with Gasteiger partial charge in [-0.1, -0.05) is 6.07 Å². The van der Waals surface area contributed by atoms with E-state index in [1.165, 1.54) is 12.8 Å². The van der Waals surface area contributed by atoms with Gasteiger partial charge in [0, 0.05) is 25.2 Å². The van der Waals surface area contributed by atoms with Crippen LogP contribution in [0.5, 0.6) is 23.0 Å². The summed E-state index contributed by atoms with van der Waals surface area (Å²) in [5.74, 6) is 2.80. The standard InChI is InChI=1S/C23H26N2O5/c26-23(18-4-6-20-22(14-18)30-16-29-20)25(10-9-24-7-1-2-8-24)15-17-3-5-19-21(13-17)28-12-11-27-19/h3-6,13-14H,1-2,7-12,15-16H2. The Hall–Kier alpha value is -2.93. The number of benzene rings is 2. The minimum atomic E-state index is -0.0117. The topological polar surface area (TPSA) is 60.5 Å². The second-order valence-electron chi connectivity index (χ2n) is 7.82. The number of amides is 1. The fraction of sp³-hybridized carbons (Fsp3) is 0.435. The number of likely N-dealkylation sites (tertiary alicyclic amines) is 1.